The van der Waals surface area contributed by atoms with Gasteiger partial charge in [-0.05, 0) is 24.6 Å². The Morgan fingerprint density at radius 1 is 1.36 bits per heavy atom. The number of hydrogen-bond donors (Lipinski definition) is 3. The Balaban J connectivity index is 1.77. The third-order valence-corrected chi connectivity index (χ3v) is 4.63. The molecule has 1 aliphatic heterocycles. The van der Waals surface area contributed by atoms with Gasteiger partial charge in [-0.25, -0.2) is 0 Å². The lowest BCUT2D eigenvalue weighted by molar-refractivity contribution is -0.127. The van der Waals surface area contributed by atoms with Gasteiger partial charge in [0.15, 0.2) is 0 Å². The van der Waals surface area contributed by atoms with Gasteiger partial charge in [0.2, 0.25) is 5.91 Å². The van der Waals surface area contributed by atoms with Crippen LogP contribution in [0.4, 0.5) is 0 Å². The van der Waals surface area contributed by atoms with E-state index in [2.05, 4.69) is 10.3 Å². The Morgan fingerprint density at radius 2 is 2.16 bits per heavy atom. The van der Waals surface area contributed by atoms with Crippen molar-refractivity contribution in [2.24, 2.45) is 0 Å². The Bertz CT molecular complexity index is 805. The van der Waals surface area contributed by atoms with Crippen LogP contribution in [0.25, 0.3) is 10.9 Å². The van der Waals surface area contributed by atoms with Crippen molar-refractivity contribution in [1.82, 2.24) is 15.2 Å². The fourth-order valence-electron chi connectivity index (χ4n) is 3.09. The highest BCUT2D eigenvalue weighted by Gasteiger charge is 2.42. The first kappa shape index (κ1) is 17.3. The van der Waals surface area contributed by atoms with Gasteiger partial charge in [0.25, 0.3) is 5.91 Å². The number of pyridine rings is 1. The molecule has 2 aromatic rings. The van der Waals surface area contributed by atoms with Crippen LogP contribution >= 0.6 is 0 Å². The number of piperidine rings is 1. The van der Waals surface area contributed by atoms with Gasteiger partial charge in [-0.3, -0.25) is 14.6 Å². The van der Waals surface area contributed by atoms with Crippen LogP contribution < -0.4 is 5.32 Å². The Labute approximate surface area is 145 Å². The number of carbonyl (C=O) groups excluding carboxylic acids is 2. The minimum Gasteiger partial charge on any atom is -0.388 e. The van der Waals surface area contributed by atoms with Gasteiger partial charge in [0.05, 0.1) is 5.52 Å². The number of nitrogens with one attached hydrogen (secondary N) is 1. The fraction of sp³-hybridized carbons (Fsp3) is 0.389. The van der Waals surface area contributed by atoms with Crippen LogP contribution in [0.1, 0.15) is 23.7 Å². The highest BCUT2D eigenvalue weighted by Crippen LogP contribution is 2.25. The molecule has 1 aromatic heterocycles. The summed E-state index contributed by atoms with van der Waals surface area (Å²) >= 11 is 0. The van der Waals surface area contributed by atoms with Gasteiger partial charge < -0.3 is 20.4 Å². The van der Waals surface area contributed by atoms with Gasteiger partial charge >= 0.3 is 0 Å². The number of aliphatic hydroxyl groups excluding tert-OH is 1. The molecule has 0 saturated carbocycles. The van der Waals surface area contributed by atoms with E-state index >= 15 is 0 Å². The zero-order chi connectivity index (χ0) is 18.0. The van der Waals surface area contributed by atoms with E-state index in [1.54, 1.807) is 24.4 Å². The van der Waals surface area contributed by atoms with Crippen molar-refractivity contribution >= 4 is 22.7 Å². The molecule has 132 valence electrons. The number of aromatic nitrogens is 1. The van der Waals surface area contributed by atoms with E-state index in [4.69, 9.17) is 0 Å². The molecular weight excluding hydrogens is 322 g/mol. The molecule has 1 saturated heterocycles. The zero-order valence-corrected chi connectivity index (χ0v) is 14.0. The lowest BCUT2D eigenvalue weighted by atomic mass is 9.88. The molecule has 2 heterocycles. The fourth-order valence-corrected chi connectivity index (χ4v) is 3.09. The molecule has 3 rings (SSSR count). The van der Waals surface area contributed by atoms with E-state index in [9.17, 15) is 19.8 Å². The lowest BCUT2D eigenvalue weighted by Crippen LogP contribution is -2.61. The van der Waals surface area contributed by atoms with E-state index in [1.165, 1.54) is 11.8 Å². The average molecular weight is 343 g/mol. The van der Waals surface area contributed by atoms with Crippen LogP contribution in [-0.2, 0) is 4.79 Å². The normalized spacial score (nSPS) is 23.5. The SMILES string of the molecule is CC(=O)NC[C@]1(O)CCN(C(=O)c2cccc3ncccc23)C[C@H]1O. The second kappa shape index (κ2) is 6.78. The Kier molecular flexibility index (Phi) is 4.69. The molecule has 1 aliphatic rings. The summed E-state index contributed by atoms with van der Waals surface area (Å²) in [4.78, 5) is 29.7. The van der Waals surface area contributed by atoms with E-state index in [0.29, 0.717) is 12.1 Å². The monoisotopic (exact) mass is 343 g/mol. The molecule has 25 heavy (non-hydrogen) atoms. The molecule has 2 atom stereocenters. The molecular formula is C18H21N3O4. The highest BCUT2D eigenvalue weighted by atomic mass is 16.3. The number of carbonyl (C=O) groups is 2. The maximum absolute atomic E-state index is 12.9. The summed E-state index contributed by atoms with van der Waals surface area (Å²) in [6.45, 7) is 1.61. The summed E-state index contributed by atoms with van der Waals surface area (Å²) in [7, 11) is 0. The van der Waals surface area contributed by atoms with Crippen LogP contribution in [0.3, 0.4) is 0 Å². The van der Waals surface area contributed by atoms with Gasteiger partial charge in [-0.2, -0.15) is 0 Å². The summed E-state index contributed by atoms with van der Waals surface area (Å²) in [6, 6.07) is 8.95. The Hall–Kier alpha value is -2.51. The zero-order valence-electron chi connectivity index (χ0n) is 14.0. The second-order valence-electron chi connectivity index (χ2n) is 6.41. The standard InChI is InChI=1S/C18H21N3O4/c1-12(22)20-11-18(25)7-9-21(10-16(18)23)17(24)14-4-2-6-15-13(14)5-3-8-19-15/h2-6,8,16,23,25H,7,9-11H2,1H3,(H,20,22)/t16-,18-/m1/s1. The van der Waals surface area contributed by atoms with Gasteiger partial charge in [0, 0.05) is 43.7 Å². The van der Waals surface area contributed by atoms with Crippen molar-refractivity contribution in [3.63, 3.8) is 0 Å². The van der Waals surface area contributed by atoms with Crippen molar-refractivity contribution in [3.05, 3.63) is 42.1 Å². The van der Waals surface area contributed by atoms with E-state index < -0.39 is 11.7 Å². The van der Waals surface area contributed by atoms with Crippen LogP contribution in [0.2, 0.25) is 0 Å². The average Bonchev–Trinajstić information content (AvgIpc) is 2.61. The topological polar surface area (TPSA) is 103 Å². The maximum Gasteiger partial charge on any atom is 0.254 e. The third kappa shape index (κ3) is 3.47. The molecule has 7 nitrogen and oxygen atoms in total. The van der Waals surface area contributed by atoms with Crippen molar-refractivity contribution < 1.29 is 19.8 Å². The number of nitrogens with zero attached hydrogens (tertiary/aromatic N) is 2. The van der Waals surface area contributed by atoms with Gasteiger partial charge in [-0.1, -0.05) is 12.1 Å². The smallest absolute Gasteiger partial charge is 0.254 e. The molecule has 2 amide bonds. The first-order valence-electron chi connectivity index (χ1n) is 8.18. The molecule has 7 heteroatoms. The van der Waals surface area contributed by atoms with Crippen molar-refractivity contribution in [2.45, 2.75) is 25.0 Å². The summed E-state index contributed by atoms with van der Waals surface area (Å²) in [5, 5.41) is 24.1. The number of hydrogen-bond acceptors (Lipinski definition) is 5. The summed E-state index contributed by atoms with van der Waals surface area (Å²) in [5.74, 6) is -0.485. The van der Waals surface area contributed by atoms with Crippen LogP contribution in [0.15, 0.2) is 36.5 Å². The highest BCUT2D eigenvalue weighted by molar-refractivity contribution is 6.06. The third-order valence-electron chi connectivity index (χ3n) is 4.63. The molecule has 0 unspecified atom stereocenters. The van der Waals surface area contributed by atoms with E-state index in [0.717, 1.165) is 10.9 Å². The van der Waals surface area contributed by atoms with Crippen molar-refractivity contribution in [2.75, 3.05) is 19.6 Å². The maximum atomic E-state index is 12.9. The minimum atomic E-state index is -1.43. The first-order valence-corrected chi connectivity index (χ1v) is 8.18. The van der Waals surface area contributed by atoms with Crippen LogP contribution in [-0.4, -0.2) is 63.3 Å². The number of β-amino-alcohol motifs (C(OH)–C–C–N with tert-alkyl or cyclic N) is 1. The molecule has 1 fully saturated rings. The second-order valence-corrected chi connectivity index (χ2v) is 6.41. The Morgan fingerprint density at radius 3 is 2.88 bits per heavy atom. The first-order chi connectivity index (χ1) is 11.9. The van der Waals surface area contributed by atoms with E-state index in [1.807, 2.05) is 12.1 Å². The minimum absolute atomic E-state index is 0.00552. The summed E-state index contributed by atoms with van der Waals surface area (Å²) in [5.41, 5.74) is -0.180. The lowest BCUT2D eigenvalue weighted by Gasteiger charge is -2.42. The number of likely N-dealkylation sites (tertiary alicyclic amines) is 1. The van der Waals surface area contributed by atoms with Crippen LogP contribution in [0.5, 0.6) is 0 Å². The van der Waals surface area contributed by atoms with Gasteiger partial charge in [0.1, 0.15) is 11.7 Å². The number of amides is 2. The number of benzene rings is 1. The number of aliphatic hydroxyl groups is 2. The molecule has 3 N–H and O–H groups in total. The predicted octanol–water partition coefficient (Wildman–Crippen LogP) is 0.309. The van der Waals surface area contributed by atoms with Crippen molar-refractivity contribution in [3.8, 4) is 0 Å². The quantitative estimate of drug-likeness (QED) is 0.744. The molecule has 0 bridgehead atoms. The largest absolute Gasteiger partial charge is 0.388 e. The summed E-state index contributed by atoms with van der Waals surface area (Å²) < 4.78 is 0. The molecule has 0 radical (unpaired) electrons. The number of fused-ring (bicyclic) bond motifs is 1. The summed E-state index contributed by atoms with van der Waals surface area (Å²) in [6.07, 6.45) is 0.720. The van der Waals surface area contributed by atoms with Crippen molar-refractivity contribution in [1.29, 1.82) is 0 Å². The molecule has 1 aromatic carbocycles. The van der Waals surface area contributed by atoms with Crippen LogP contribution in [0, 0.1) is 0 Å². The van der Waals surface area contributed by atoms with E-state index in [-0.39, 0.29) is 31.3 Å². The number of rotatable bonds is 3. The molecule has 0 spiro atoms. The van der Waals surface area contributed by atoms with Gasteiger partial charge in [-0.15, -0.1) is 0 Å². The predicted molar refractivity (Wildman–Crippen MR) is 91.9 cm³/mol. The molecule has 0 aliphatic carbocycles.